The Bertz CT molecular complexity index is 408. The van der Waals surface area contributed by atoms with Crippen LogP contribution in [0.1, 0.15) is 38.4 Å². The molecule has 1 aromatic rings. The summed E-state index contributed by atoms with van der Waals surface area (Å²) in [4.78, 5) is 11.0. The van der Waals surface area contributed by atoms with E-state index in [1.165, 1.54) is 19.3 Å². The summed E-state index contributed by atoms with van der Waals surface area (Å²) >= 11 is 0. The number of nitrogens with zero attached hydrogens (tertiary/aromatic N) is 2. The Balaban J connectivity index is 2.73. The lowest BCUT2D eigenvalue weighted by Crippen LogP contribution is -2.33. The molecule has 0 spiro atoms. The van der Waals surface area contributed by atoms with Crippen molar-refractivity contribution in [1.29, 1.82) is 0 Å². The van der Waals surface area contributed by atoms with Crippen LogP contribution < -0.4 is 4.57 Å². The van der Waals surface area contributed by atoms with Gasteiger partial charge in [0.05, 0.1) is 13.6 Å². The molecule has 0 amide bonds. The van der Waals surface area contributed by atoms with Crippen molar-refractivity contribution in [2.24, 2.45) is 7.05 Å². The van der Waals surface area contributed by atoms with E-state index in [1.807, 2.05) is 24.0 Å². The predicted molar refractivity (Wildman–Crippen MR) is 66.4 cm³/mol. The second kappa shape index (κ2) is 6.23. The van der Waals surface area contributed by atoms with Crippen LogP contribution in [-0.4, -0.2) is 15.6 Å². The van der Waals surface area contributed by atoms with Crippen LogP contribution in [0.3, 0.4) is 0 Å². The number of hydrogen-bond donors (Lipinski definition) is 1. The van der Waals surface area contributed by atoms with Gasteiger partial charge in [0, 0.05) is 0 Å². The maximum absolute atomic E-state index is 11.0. The van der Waals surface area contributed by atoms with E-state index in [4.69, 9.17) is 5.11 Å². The lowest BCUT2D eigenvalue weighted by molar-refractivity contribution is -0.673. The van der Waals surface area contributed by atoms with Crippen molar-refractivity contribution in [3.8, 4) is 0 Å². The molecule has 0 saturated carbocycles. The molecule has 1 heterocycles. The quantitative estimate of drug-likeness (QED) is 0.448. The monoisotopic (exact) mass is 237 g/mol. The van der Waals surface area contributed by atoms with Gasteiger partial charge in [0.2, 0.25) is 0 Å². The zero-order valence-electron chi connectivity index (χ0n) is 10.6. The van der Waals surface area contributed by atoms with Crippen molar-refractivity contribution in [2.45, 2.75) is 39.2 Å². The molecule has 0 atom stereocenters. The Hall–Kier alpha value is -1.58. The molecule has 0 fully saturated rings. The van der Waals surface area contributed by atoms with Gasteiger partial charge in [-0.2, -0.15) is 0 Å². The molecule has 94 valence electrons. The Morgan fingerprint density at radius 1 is 1.47 bits per heavy atom. The highest BCUT2D eigenvalue weighted by molar-refractivity contribution is 6.12. The highest BCUT2D eigenvalue weighted by Crippen LogP contribution is 2.10. The molecular weight excluding hydrogens is 216 g/mol. The van der Waals surface area contributed by atoms with E-state index in [2.05, 4.69) is 13.5 Å². The first-order valence-corrected chi connectivity index (χ1v) is 6.05. The third kappa shape index (κ3) is 3.44. The summed E-state index contributed by atoms with van der Waals surface area (Å²) in [7, 11) is 1.84. The third-order valence-electron chi connectivity index (χ3n) is 2.86. The van der Waals surface area contributed by atoms with Crippen LogP contribution in [0.25, 0.3) is 5.57 Å². The Kier molecular flexibility index (Phi) is 4.94. The highest BCUT2D eigenvalue weighted by Gasteiger charge is 2.22. The molecular formula is C13H21N2O2+. The second-order valence-corrected chi connectivity index (χ2v) is 4.27. The first kappa shape index (κ1) is 13.5. The van der Waals surface area contributed by atoms with E-state index >= 15 is 0 Å². The average Bonchev–Trinajstić information content (AvgIpc) is 2.65. The Morgan fingerprint density at radius 3 is 2.76 bits per heavy atom. The molecule has 0 aliphatic rings. The van der Waals surface area contributed by atoms with Gasteiger partial charge in [0.25, 0.3) is 5.82 Å². The number of aliphatic carboxylic acids is 1. The summed E-state index contributed by atoms with van der Waals surface area (Å²) in [5.74, 6) is -0.289. The van der Waals surface area contributed by atoms with Crippen LogP contribution in [0.4, 0.5) is 0 Å². The summed E-state index contributed by atoms with van der Waals surface area (Å²) in [5, 5.41) is 8.99. The lowest BCUT2D eigenvalue weighted by Gasteiger charge is -2.02. The van der Waals surface area contributed by atoms with Gasteiger partial charge < -0.3 is 5.11 Å². The molecule has 4 heteroatoms. The fourth-order valence-electron chi connectivity index (χ4n) is 1.90. The maximum atomic E-state index is 11.0. The van der Waals surface area contributed by atoms with Crippen LogP contribution in [0.15, 0.2) is 19.0 Å². The van der Waals surface area contributed by atoms with Gasteiger partial charge in [-0.15, -0.1) is 0 Å². The number of unbranched alkanes of at least 4 members (excludes halogenated alkanes) is 3. The number of carboxylic acids is 1. The minimum atomic E-state index is -0.964. The Labute approximate surface area is 102 Å². The van der Waals surface area contributed by atoms with Crippen LogP contribution in [0.5, 0.6) is 0 Å². The molecule has 0 radical (unpaired) electrons. The summed E-state index contributed by atoms with van der Waals surface area (Å²) < 4.78 is 3.77. The van der Waals surface area contributed by atoms with E-state index in [1.54, 1.807) is 4.57 Å². The SMILES string of the molecule is C=C(C(=O)O)c1n(CCCCCC)cc[n+]1C. The molecule has 0 aliphatic heterocycles. The number of aryl methyl sites for hydroxylation is 2. The molecule has 0 saturated heterocycles. The van der Waals surface area contributed by atoms with Crippen LogP contribution in [0.2, 0.25) is 0 Å². The van der Waals surface area contributed by atoms with Crippen molar-refractivity contribution in [2.75, 3.05) is 0 Å². The first-order valence-electron chi connectivity index (χ1n) is 6.05. The van der Waals surface area contributed by atoms with Crippen molar-refractivity contribution in [1.82, 2.24) is 4.57 Å². The van der Waals surface area contributed by atoms with Crippen molar-refractivity contribution < 1.29 is 14.5 Å². The van der Waals surface area contributed by atoms with Gasteiger partial charge >= 0.3 is 5.97 Å². The topological polar surface area (TPSA) is 46.1 Å². The minimum absolute atomic E-state index is 0.146. The fraction of sp³-hybridized carbons (Fsp3) is 0.538. The first-order chi connectivity index (χ1) is 8.07. The van der Waals surface area contributed by atoms with Gasteiger partial charge in [-0.25, -0.2) is 13.9 Å². The standard InChI is InChI=1S/C13H20N2O2/c1-4-5-6-7-8-15-10-9-14(3)12(15)11(2)13(16)17/h9-10H,2,4-8H2,1,3H3/p+1. The van der Waals surface area contributed by atoms with Crippen molar-refractivity contribution >= 4 is 11.5 Å². The van der Waals surface area contributed by atoms with Gasteiger partial charge in [0.15, 0.2) is 0 Å². The lowest BCUT2D eigenvalue weighted by atomic mass is 10.2. The normalized spacial score (nSPS) is 10.5. The van der Waals surface area contributed by atoms with Crippen molar-refractivity contribution in [3.63, 3.8) is 0 Å². The van der Waals surface area contributed by atoms with E-state index in [0.717, 1.165) is 13.0 Å². The molecule has 0 aromatic carbocycles. The molecule has 0 unspecified atom stereocenters. The van der Waals surface area contributed by atoms with Crippen molar-refractivity contribution in [3.05, 3.63) is 24.8 Å². The third-order valence-corrected chi connectivity index (χ3v) is 2.86. The number of aromatic nitrogens is 2. The number of carboxylic acid groups (broad SMARTS) is 1. The molecule has 17 heavy (non-hydrogen) atoms. The molecule has 0 bridgehead atoms. The van der Waals surface area contributed by atoms with Crippen LogP contribution in [-0.2, 0) is 18.4 Å². The second-order valence-electron chi connectivity index (χ2n) is 4.27. The van der Waals surface area contributed by atoms with E-state index in [-0.39, 0.29) is 5.57 Å². The molecule has 4 nitrogen and oxygen atoms in total. The number of hydrogen-bond acceptors (Lipinski definition) is 1. The zero-order valence-corrected chi connectivity index (χ0v) is 10.6. The summed E-state index contributed by atoms with van der Waals surface area (Å²) in [5.41, 5.74) is 0.146. The zero-order chi connectivity index (χ0) is 12.8. The minimum Gasteiger partial charge on any atom is -0.477 e. The summed E-state index contributed by atoms with van der Waals surface area (Å²) in [6.07, 6.45) is 8.45. The largest absolute Gasteiger partial charge is 0.477 e. The van der Waals surface area contributed by atoms with Gasteiger partial charge in [0.1, 0.15) is 18.0 Å². The van der Waals surface area contributed by atoms with Gasteiger partial charge in [-0.1, -0.05) is 26.3 Å². The highest BCUT2D eigenvalue weighted by atomic mass is 16.4. The average molecular weight is 237 g/mol. The van der Waals surface area contributed by atoms with Crippen LogP contribution in [0, 0.1) is 0 Å². The van der Waals surface area contributed by atoms with Gasteiger partial charge in [-0.05, 0) is 12.8 Å². The molecule has 1 rings (SSSR count). The predicted octanol–water partition coefficient (Wildman–Crippen LogP) is 1.99. The maximum Gasteiger partial charge on any atom is 0.343 e. The van der Waals surface area contributed by atoms with E-state index in [9.17, 15) is 4.79 Å². The molecule has 0 aliphatic carbocycles. The van der Waals surface area contributed by atoms with Crippen LogP contribution >= 0.6 is 0 Å². The molecule has 1 N–H and O–H groups in total. The Morgan fingerprint density at radius 2 is 2.18 bits per heavy atom. The summed E-state index contributed by atoms with van der Waals surface area (Å²) in [6.45, 7) is 6.65. The van der Waals surface area contributed by atoms with E-state index in [0.29, 0.717) is 5.82 Å². The smallest absolute Gasteiger partial charge is 0.343 e. The van der Waals surface area contributed by atoms with Gasteiger partial charge in [-0.3, -0.25) is 0 Å². The summed E-state index contributed by atoms with van der Waals surface area (Å²) in [6, 6.07) is 0. The number of rotatable bonds is 7. The number of imidazole rings is 1. The molecule has 1 aromatic heterocycles. The fourth-order valence-corrected chi connectivity index (χ4v) is 1.90. The van der Waals surface area contributed by atoms with E-state index < -0.39 is 5.97 Å². The number of carbonyl (C=O) groups is 1.